The van der Waals surface area contributed by atoms with Crippen LogP contribution in [0.25, 0.3) is 0 Å². The number of likely N-dealkylation sites (N-methyl/N-ethyl adjacent to an activating group) is 1. The van der Waals surface area contributed by atoms with E-state index in [0.717, 1.165) is 6.42 Å². The first kappa shape index (κ1) is 11.5. The van der Waals surface area contributed by atoms with Crippen LogP contribution in [0.4, 0.5) is 0 Å². The average molecular weight is 241 g/mol. The maximum Gasteiger partial charge on any atom is 0.0935 e. The molecular formula is C16H19NO. The number of furan rings is 1. The van der Waals surface area contributed by atoms with Crippen LogP contribution in [0.2, 0.25) is 0 Å². The number of nitrogens with one attached hydrogen (secondary N) is 1. The first-order chi connectivity index (χ1) is 8.88. The molecule has 0 saturated heterocycles. The van der Waals surface area contributed by atoms with Gasteiger partial charge in [0, 0.05) is 12.0 Å². The maximum absolute atomic E-state index is 5.16. The van der Waals surface area contributed by atoms with Gasteiger partial charge < -0.3 is 9.73 Å². The van der Waals surface area contributed by atoms with Crippen molar-refractivity contribution in [1.29, 1.82) is 0 Å². The summed E-state index contributed by atoms with van der Waals surface area (Å²) in [6, 6.07) is 11.4. The third-order valence-corrected chi connectivity index (χ3v) is 4.07. The van der Waals surface area contributed by atoms with E-state index in [2.05, 4.69) is 42.7 Å². The van der Waals surface area contributed by atoms with Crippen molar-refractivity contribution >= 4 is 0 Å². The molecule has 2 atom stereocenters. The van der Waals surface area contributed by atoms with E-state index in [-0.39, 0.29) is 0 Å². The van der Waals surface area contributed by atoms with E-state index in [1.807, 2.05) is 6.26 Å². The molecule has 1 aromatic carbocycles. The predicted molar refractivity (Wildman–Crippen MR) is 72.8 cm³/mol. The lowest BCUT2D eigenvalue weighted by molar-refractivity contribution is 0.453. The molecule has 1 heterocycles. The van der Waals surface area contributed by atoms with Gasteiger partial charge in [-0.15, -0.1) is 0 Å². The summed E-state index contributed by atoms with van der Waals surface area (Å²) in [4.78, 5) is 0. The van der Waals surface area contributed by atoms with Crippen LogP contribution in [-0.2, 0) is 12.8 Å². The summed E-state index contributed by atoms with van der Waals surface area (Å²) in [5.41, 5.74) is 4.33. The molecule has 0 saturated carbocycles. The quantitative estimate of drug-likeness (QED) is 0.889. The van der Waals surface area contributed by atoms with E-state index in [0.29, 0.717) is 12.0 Å². The van der Waals surface area contributed by atoms with Gasteiger partial charge in [0.25, 0.3) is 0 Å². The fourth-order valence-corrected chi connectivity index (χ4v) is 3.12. The zero-order valence-corrected chi connectivity index (χ0v) is 10.7. The molecule has 3 rings (SSSR count). The summed E-state index contributed by atoms with van der Waals surface area (Å²) < 4.78 is 5.16. The lowest BCUT2D eigenvalue weighted by atomic mass is 9.89. The first-order valence-electron chi connectivity index (χ1n) is 6.64. The van der Waals surface area contributed by atoms with Gasteiger partial charge >= 0.3 is 0 Å². The normalized spacial score (nSPS) is 19.7. The number of rotatable bonds is 4. The Morgan fingerprint density at radius 2 is 2.22 bits per heavy atom. The van der Waals surface area contributed by atoms with Gasteiger partial charge in [-0.1, -0.05) is 24.3 Å². The Labute approximate surface area is 108 Å². The molecule has 0 bridgehead atoms. The van der Waals surface area contributed by atoms with Crippen molar-refractivity contribution in [3.63, 3.8) is 0 Å². The topological polar surface area (TPSA) is 25.2 Å². The van der Waals surface area contributed by atoms with Gasteiger partial charge in [0.2, 0.25) is 0 Å². The number of benzene rings is 1. The molecule has 2 aromatic rings. The Balaban J connectivity index is 1.81. The molecule has 2 heteroatoms. The van der Waals surface area contributed by atoms with Gasteiger partial charge in [-0.2, -0.15) is 0 Å². The molecule has 0 amide bonds. The van der Waals surface area contributed by atoms with Crippen molar-refractivity contribution in [1.82, 2.24) is 5.32 Å². The highest BCUT2D eigenvalue weighted by molar-refractivity contribution is 5.36. The Bertz CT molecular complexity index is 504. The predicted octanol–water partition coefficient (Wildman–Crippen LogP) is 3.14. The van der Waals surface area contributed by atoms with Crippen LogP contribution < -0.4 is 5.32 Å². The molecule has 94 valence electrons. The van der Waals surface area contributed by atoms with Crippen molar-refractivity contribution in [3.8, 4) is 0 Å². The van der Waals surface area contributed by atoms with E-state index in [1.54, 1.807) is 6.26 Å². The smallest absolute Gasteiger partial charge is 0.0935 e. The summed E-state index contributed by atoms with van der Waals surface area (Å²) >= 11 is 0. The first-order valence-corrected chi connectivity index (χ1v) is 6.64. The molecule has 0 fully saturated rings. The molecule has 2 unspecified atom stereocenters. The fraction of sp³-hybridized carbons (Fsp3) is 0.375. The van der Waals surface area contributed by atoms with E-state index in [1.165, 1.54) is 29.5 Å². The minimum absolute atomic E-state index is 0.492. The summed E-state index contributed by atoms with van der Waals surface area (Å²) in [7, 11) is 2.06. The van der Waals surface area contributed by atoms with Gasteiger partial charge in [0.1, 0.15) is 0 Å². The zero-order chi connectivity index (χ0) is 12.4. The average Bonchev–Trinajstić information content (AvgIpc) is 3.05. The van der Waals surface area contributed by atoms with Crippen LogP contribution in [0.5, 0.6) is 0 Å². The van der Waals surface area contributed by atoms with Crippen molar-refractivity contribution in [3.05, 3.63) is 59.5 Å². The van der Waals surface area contributed by atoms with Crippen LogP contribution in [0, 0.1) is 0 Å². The van der Waals surface area contributed by atoms with Gasteiger partial charge in [0.05, 0.1) is 12.5 Å². The second kappa shape index (κ2) is 4.99. The molecule has 1 aliphatic carbocycles. The van der Waals surface area contributed by atoms with Crippen LogP contribution >= 0.6 is 0 Å². The minimum Gasteiger partial charge on any atom is -0.472 e. The standard InChI is InChI=1S/C16H19NO/c1-17-16(10-12-8-9-18-11-12)15-7-6-13-4-2-3-5-14(13)15/h2-5,8-9,11,15-17H,6-7,10H2,1H3. The number of aryl methyl sites for hydroxylation is 1. The van der Waals surface area contributed by atoms with Gasteiger partial charge in [-0.05, 0) is 49.1 Å². The fourth-order valence-electron chi connectivity index (χ4n) is 3.12. The molecule has 1 N–H and O–H groups in total. The molecule has 1 aromatic heterocycles. The van der Waals surface area contributed by atoms with Crippen molar-refractivity contribution in [2.75, 3.05) is 7.05 Å². The van der Waals surface area contributed by atoms with E-state index >= 15 is 0 Å². The second-order valence-electron chi connectivity index (χ2n) is 5.07. The number of hydrogen-bond acceptors (Lipinski definition) is 2. The van der Waals surface area contributed by atoms with E-state index in [9.17, 15) is 0 Å². The van der Waals surface area contributed by atoms with E-state index < -0.39 is 0 Å². The Hall–Kier alpha value is -1.54. The number of fused-ring (bicyclic) bond motifs is 1. The Morgan fingerprint density at radius 1 is 1.33 bits per heavy atom. The van der Waals surface area contributed by atoms with Crippen molar-refractivity contribution < 1.29 is 4.42 Å². The highest BCUT2D eigenvalue weighted by Gasteiger charge is 2.28. The summed E-state index contributed by atoms with van der Waals surface area (Å²) in [5, 5.41) is 3.48. The van der Waals surface area contributed by atoms with Crippen LogP contribution in [0.3, 0.4) is 0 Å². The molecule has 2 nitrogen and oxygen atoms in total. The zero-order valence-electron chi connectivity index (χ0n) is 10.7. The lowest BCUT2D eigenvalue weighted by Gasteiger charge is -2.23. The Kier molecular flexibility index (Phi) is 3.20. The summed E-state index contributed by atoms with van der Waals surface area (Å²) in [6.07, 6.45) is 7.11. The third kappa shape index (κ3) is 2.08. The molecule has 0 radical (unpaired) electrons. The summed E-state index contributed by atoms with van der Waals surface area (Å²) in [5.74, 6) is 0.626. The molecular weight excluding hydrogens is 222 g/mol. The largest absolute Gasteiger partial charge is 0.472 e. The Morgan fingerprint density at radius 3 is 3.00 bits per heavy atom. The van der Waals surface area contributed by atoms with Gasteiger partial charge in [0.15, 0.2) is 0 Å². The van der Waals surface area contributed by atoms with Gasteiger partial charge in [-0.25, -0.2) is 0 Å². The lowest BCUT2D eigenvalue weighted by Crippen LogP contribution is -2.33. The van der Waals surface area contributed by atoms with Crippen LogP contribution in [-0.4, -0.2) is 13.1 Å². The highest BCUT2D eigenvalue weighted by Crippen LogP contribution is 2.36. The van der Waals surface area contributed by atoms with Crippen LogP contribution in [0.15, 0.2) is 47.3 Å². The molecule has 0 spiro atoms. The van der Waals surface area contributed by atoms with Crippen LogP contribution in [0.1, 0.15) is 29.0 Å². The third-order valence-electron chi connectivity index (χ3n) is 4.07. The molecule has 18 heavy (non-hydrogen) atoms. The van der Waals surface area contributed by atoms with E-state index in [4.69, 9.17) is 4.42 Å². The summed E-state index contributed by atoms with van der Waals surface area (Å²) in [6.45, 7) is 0. The highest BCUT2D eigenvalue weighted by atomic mass is 16.3. The molecule has 0 aliphatic heterocycles. The van der Waals surface area contributed by atoms with Crippen molar-refractivity contribution in [2.45, 2.75) is 31.2 Å². The maximum atomic E-state index is 5.16. The monoisotopic (exact) mass is 241 g/mol. The minimum atomic E-state index is 0.492. The second-order valence-corrected chi connectivity index (χ2v) is 5.07. The number of hydrogen-bond donors (Lipinski definition) is 1. The SMILES string of the molecule is CNC(Cc1ccoc1)C1CCc2ccccc21. The molecule has 1 aliphatic rings. The van der Waals surface area contributed by atoms with Gasteiger partial charge in [-0.3, -0.25) is 0 Å². The van der Waals surface area contributed by atoms with Crippen molar-refractivity contribution in [2.24, 2.45) is 0 Å².